The van der Waals surface area contributed by atoms with Crippen LogP contribution in [-0.2, 0) is 11.3 Å². The van der Waals surface area contributed by atoms with Crippen LogP contribution in [0.4, 0.5) is 4.39 Å². The molecule has 1 aliphatic heterocycles. The smallest absolute Gasteiger partial charge is 0.220 e. The van der Waals surface area contributed by atoms with Crippen LogP contribution in [0.1, 0.15) is 24.8 Å². The zero-order valence-corrected chi connectivity index (χ0v) is 13.1. The lowest BCUT2D eigenvalue weighted by atomic mass is 9.89. The van der Waals surface area contributed by atoms with Crippen molar-refractivity contribution in [3.05, 3.63) is 29.6 Å². The van der Waals surface area contributed by atoms with Crippen LogP contribution in [0.3, 0.4) is 0 Å². The Morgan fingerprint density at radius 2 is 2.14 bits per heavy atom. The summed E-state index contributed by atoms with van der Waals surface area (Å²) in [5.74, 6) is 1.58. The van der Waals surface area contributed by atoms with Crippen molar-refractivity contribution in [1.29, 1.82) is 0 Å². The molecular weight excluding hydrogens is 283 g/mol. The highest BCUT2D eigenvalue weighted by molar-refractivity contribution is 5.77. The lowest BCUT2D eigenvalue weighted by Gasteiger charge is -2.25. The van der Waals surface area contributed by atoms with Crippen LogP contribution < -0.4 is 10.1 Å². The van der Waals surface area contributed by atoms with Gasteiger partial charge < -0.3 is 10.1 Å². The maximum atomic E-state index is 14.1. The first-order chi connectivity index (χ1) is 10.6. The van der Waals surface area contributed by atoms with Crippen molar-refractivity contribution >= 4 is 5.91 Å². The van der Waals surface area contributed by atoms with Gasteiger partial charge in [-0.15, -0.1) is 0 Å². The second-order valence-corrected chi connectivity index (χ2v) is 6.49. The number of nitrogens with zero attached hydrogens (tertiary/aromatic N) is 1. The molecule has 0 bridgehead atoms. The van der Waals surface area contributed by atoms with Crippen molar-refractivity contribution in [2.45, 2.75) is 31.8 Å². The predicted octanol–water partition coefficient (Wildman–Crippen LogP) is 2.18. The van der Waals surface area contributed by atoms with Crippen molar-refractivity contribution < 1.29 is 13.9 Å². The molecule has 120 valence electrons. The summed E-state index contributed by atoms with van der Waals surface area (Å²) in [7, 11) is 3.60. The molecule has 1 saturated heterocycles. The third-order valence-corrected chi connectivity index (χ3v) is 5.15. The molecule has 3 atom stereocenters. The number of fused-ring (bicyclic) bond motifs is 1. The molecule has 1 aliphatic carbocycles. The van der Waals surface area contributed by atoms with Gasteiger partial charge in [-0.1, -0.05) is 6.07 Å². The molecule has 3 rings (SSSR count). The minimum Gasteiger partial charge on any atom is -0.496 e. The van der Waals surface area contributed by atoms with E-state index in [1.807, 2.05) is 7.05 Å². The van der Waals surface area contributed by atoms with Gasteiger partial charge in [0, 0.05) is 31.1 Å². The molecule has 1 heterocycles. The SMILES string of the molecule is COc1cccc(F)c1CN(C)[C@H]1C[C@H]2CNC(=O)C[C@H]2C1. The first-order valence-electron chi connectivity index (χ1n) is 7.86. The van der Waals surface area contributed by atoms with Crippen LogP contribution in [0.5, 0.6) is 5.75 Å². The standard InChI is InChI=1S/C17H23FN2O2/c1-20(10-14-15(18)4-3-5-16(14)22-2)13-6-11-8-17(21)19-9-12(11)7-13/h3-5,11-13H,6-10H2,1-2H3,(H,19,21)/t11-,12+,13-/m1/s1. The van der Waals surface area contributed by atoms with Gasteiger partial charge in [0.25, 0.3) is 0 Å². The number of carbonyl (C=O) groups is 1. The molecule has 2 fully saturated rings. The highest BCUT2D eigenvalue weighted by Crippen LogP contribution is 2.39. The molecular formula is C17H23FN2O2. The Balaban J connectivity index is 1.68. The number of carbonyl (C=O) groups excluding carboxylic acids is 1. The molecule has 0 spiro atoms. The zero-order chi connectivity index (χ0) is 15.7. The third kappa shape index (κ3) is 2.95. The van der Waals surface area contributed by atoms with Crippen LogP contribution in [0.2, 0.25) is 0 Å². The van der Waals surface area contributed by atoms with E-state index in [9.17, 15) is 9.18 Å². The number of ether oxygens (including phenoxy) is 1. The van der Waals surface area contributed by atoms with Crippen molar-refractivity contribution in [3.63, 3.8) is 0 Å². The van der Waals surface area contributed by atoms with Gasteiger partial charge in [-0.3, -0.25) is 9.69 Å². The lowest BCUT2D eigenvalue weighted by molar-refractivity contribution is -0.124. The van der Waals surface area contributed by atoms with Crippen molar-refractivity contribution in [2.75, 3.05) is 20.7 Å². The second kappa shape index (κ2) is 6.24. The average molecular weight is 306 g/mol. The van der Waals surface area contributed by atoms with Crippen LogP contribution in [0.15, 0.2) is 18.2 Å². The van der Waals surface area contributed by atoms with Gasteiger partial charge >= 0.3 is 0 Å². The van der Waals surface area contributed by atoms with Gasteiger partial charge in [0.2, 0.25) is 5.91 Å². The fourth-order valence-corrected chi connectivity index (χ4v) is 3.86. The maximum Gasteiger partial charge on any atom is 0.220 e. The summed E-state index contributed by atoms with van der Waals surface area (Å²) in [5.41, 5.74) is 0.608. The van der Waals surface area contributed by atoms with Crippen LogP contribution >= 0.6 is 0 Å². The van der Waals surface area contributed by atoms with E-state index in [2.05, 4.69) is 10.2 Å². The highest BCUT2D eigenvalue weighted by Gasteiger charge is 2.39. The zero-order valence-electron chi connectivity index (χ0n) is 13.1. The summed E-state index contributed by atoms with van der Waals surface area (Å²) in [5, 5.41) is 2.95. The number of piperidine rings is 1. The van der Waals surface area contributed by atoms with E-state index in [4.69, 9.17) is 4.74 Å². The van der Waals surface area contributed by atoms with Gasteiger partial charge in [-0.2, -0.15) is 0 Å². The molecule has 4 nitrogen and oxygen atoms in total. The number of benzene rings is 1. The third-order valence-electron chi connectivity index (χ3n) is 5.15. The summed E-state index contributed by atoms with van der Waals surface area (Å²) >= 11 is 0. The van der Waals surface area contributed by atoms with Gasteiger partial charge in [-0.05, 0) is 43.9 Å². The molecule has 1 saturated carbocycles. The Morgan fingerprint density at radius 1 is 1.36 bits per heavy atom. The first kappa shape index (κ1) is 15.3. The van der Waals surface area contributed by atoms with E-state index in [0.717, 1.165) is 19.4 Å². The van der Waals surface area contributed by atoms with Gasteiger partial charge in [-0.25, -0.2) is 4.39 Å². The highest BCUT2D eigenvalue weighted by atomic mass is 19.1. The van der Waals surface area contributed by atoms with E-state index in [1.165, 1.54) is 6.07 Å². The number of hydrogen-bond acceptors (Lipinski definition) is 3. The minimum absolute atomic E-state index is 0.167. The number of methoxy groups -OCH3 is 1. The second-order valence-electron chi connectivity index (χ2n) is 6.49. The fraction of sp³-hybridized carbons (Fsp3) is 0.588. The number of halogens is 1. The quantitative estimate of drug-likeness (QED) is 0.927. The molecule has 0 aromatic heterocycles. The van der Waals surface area contributed by atoms with Crippen LogP contribution in [-0.4, -0.2) is 37.6 Å². The number of amides is 1. The molecule has 1 aromatic rings. The van der Waals surface area contributed by atoms with Gasteiger partial charge in [0.15, 0.2) is 0 Å². The Bertz CT molecular complexity index is 564. The van der Waals surface area contributed by atoms with Crippen molar-refractivity contribution in [3.8, 4) is 5.75 Å². The van der Waals surface area contributed by atoms with Gasteiger partial charge in [0.05, 0.1) is 7.11 Å². The van der Waals surface area contributed by atoms with E-state index >= 15 is 0 Å². The Labute approximate surface area is 130 Å². The van der Waals surface area contributed by atoms with Crippen LogP contribution in [0, 0.1) is 17.7 Å². The Morgan fingerprint density at radius 3 is 2.91 bits per heavy atom. The number of rotatable bonds is 4. The fourth-order valence-electron chi connectivity index (χ4n) is 3.86. The average Bonchev–Trinajstić information content (AvgIpc) is 2.92. The van der Waals surface area contributed by atoms with E-state index in [-0.39, 0.29) is 11.7 Å². The van der Waals surface area contributed by atoms with Crippen molar-refractivity contribution in [1.82, 2.24) is 10.2 Å². The summed E-state index contributed by atoms with van der Waals surface area (Å²) in [6.45, 7) is 1.32. The normalized spacial score (nSPS) is 27.6. The largest absolute Gasteiger partial charge is 0.496 e. The monoisotopic (exact) mass is 306 g/mol. The molecule has 22 heavy (non-hydrogen) atoms. The van der Waals surface area contributed by atoms with E-state index in [1.54, 1.807) is 19.2 Å². The maximum absolute atomic E-state index is 14.1. The summed E-state index contributed by atoms with van der Waals surface area (Å²) < 4.78 is 19.3. The molecule has 1 aromatic carbocycles. The van der Waals surface area contributed by atoms with Gasteiger partial charge in [0.1, 0.15) is 11.6 Å². The first-order valence-corrected chi connectivity index (χ1v) is 7.86. The minimum atomic E-state index is -0.224. The van der Waals surface area contributed by atoms with E-state index in [0.29, 0.717) is 42.2 Å². The molecule has 2 aliphatic rings. The summed E-state index contributed by atoms with van der Waals surface area (Å²) in [6.07, 6.45) is 2.72. The molecule has 0 radical (unpaired) electrons. The topological polar surface area (TPSA) is 41.6 Å². The van der Waals surface area contributed by atoms with E-state index < -0.39 is 0 Å². The molecule has 5 heteroatoms. The Hall–Kier alpha value is -1.62. The molecule has 0 unspecified atom stereocenters. The number of hydrogen-bond donors (Lipinski definition) is 1. The lowest BCUT2D eigenvalue weighted by Crippen LogP contribution is -2.38. The summed E-state index contributed by atoms with van der Waals surface area (Å²) in [4.78, 5) is 13.7. The van der Waals surface area contributed by atoms with Crippen molar-refractivity contribution in [2.24, 2.45) is 11.8 Å². The molecule has 1 amide bonds. The number of nitrogens with one attached hydrogen (secondary N) is 1. The molecule has 1 N–H and O–H groups in total. The van der Waals surface area contributed by atoms with Crippen LogP contribution in [0.25, 0.3) is 0 Å². The Kier molecular flexibility index (Phi) is 4.34. The summed E-state index contributed by atoms with van der Waals surface area (Å²) in [6, 6.07) is 5.33. The predicted molar refractivity (Wildman–Crippen MR) is 82.0 cm³/mol.